The lowest BCUT2D eigenvalue weighted by Gasteiger charge is -2.08. The number of nitrogen functional groups attached to an aromatic ring is 1. The number of hydrogen-bond donors (Lipinski definition) is 1. The number of rotatable bonds is 2. The van der Waals surface area contributed by atoms with Gasteiger partial charge in [0.2, 0.25) is 0 Å². The Kier molecular flexibility index (Phi) is 3.55. The standard InChI is InChI=1S/C17H16BrN3/c1-11-6-3-4-9-14(11)15-16(20-21(2)17(15)19)12-7-5-8-13(18)10-12/h3-10H,19H2,1-2H3. The third-order valence-corrected chi connectivity index (χ3v) is 4.10. The highest BCUT2D eigenvalue weighted by Crippen LogP contribution is 2.37. The van der Waals surface area contributed by atoms with Crippen LogP contribution < -0.4 is 5.73 Å². The number of halogens is 1. The number of aromatic nitrogens is 2. The fourth-order valence-electron chi connectivity index (χ4n) is 2.49. The lowest BCUT2D eigenvalue weighted by atomic mass is 9.97. The first-order chi connectivity index (χ1) is 10.1. The first kappa shape index (κ1) is 13.9. The molecule has 0 saturated heterocycles. The highest BCUT2D eigenvalue weighted by Gasteiger charge is 2.18. The van der Waals surface area contributed by atoms with E-state index >= 15 is 0 Å². The first-order valence-corrected chi connectivity index (χ1v) is 7.51. The highest BCUT2D eigenvalue weighted by atomic mass is 79.9. The van der Waals surface area contributed by atoms with Crippen molar-refractivity contribution < 1.29 is 0 Å². The zero-order chi connectivity index (χ0) is 15.0. The van der Waals surface area contributed by atoms with Crippen LogP contribution in [0.5, 0.6) is 0 Å². The van der Waals surface area contributed by atoms with Crippen molar-refractivity contribution in [2.24, 2.45) is 7.05 Å². The van der Waals surface area contributed by atoms with Crippen molar-refractivity contribution in [3.05, 3.63) is 58.6 Å². The van der Waals surface area contributed by atoms with Crippen LogP contribution >= 0.6 is 15.9 Å². The van der Waals surface area contributed by atoms with E-state index < -0.39 is 0 Å². The number of benzene rings is 2. The zero-order valence-corrected chi connectivity index (χ0v) is 13.6. The van der Waals surface area contributed by atoms with Gasteiger partial charge >= 0.3 is 0 Å². The molecule has 0 fully saturated rings. The van der Waals surface area contributed by atoms with Crippen molar-refractivity contribution in [3.8, 4) is 22.4 Å². The van der Waals surface area contributed by atoms with Gasteiger partial charge in [0.05, 0.1) is 5.56 Å². The van der Waals surface area contributed by atoms with Gasteiger partial charge in [-0.2, -0.15) is 5.10 Å². The second kappa shape index (κ2) is 5.37. The van der Waals surface area contributed by atoms with Crippen molar-refractivity contribution in [3.63, 3.8) is 0 Å². The molecule has 2 N–H and O–H groups in total. The highest BCUT2D eigenvalue weighted by molar-refractivity contribution is 9.10. The number of aryl methyl sites for hydroxylation is 2. The summed E-state index contributed by atoms with van der Waals surface area (Å²) in [4.78, 5) is 0. The summed E-state index contributed by atoms with van der Waals surface area (Å²) < 4.78 is 2.76. The molecule has 4 heteroatoms. The van der Waals surface area contributed by atoms with Gasteiger partial charge in [0.1, 0.15) is 11.5 Å². The molecule has 106 valence electrons. The molecule has 0 amide bonds. The normalized spacial score (nSPS) is 10.8. The van der Waals surface area contributed by atoms with Gasteiger partial charge in [0, 0.05) is 17.1 Å². The molecule has 0 aliphatic heterocycles. The van der Waals surface area contributed by atoms with Crippen LogP contribution in [0.3, 0.4) is 0 Å². The van der Waals surface area contributed by atoms with Gasteiger partial charge in [0.15, 0.2) is 0 Å². The zero-order valence-electron chi connectivity index (χ0n) is 12.0. The van der Waals surface area contributed by atoms with Gasteiger partial charge in [-0.15, -0.1) is 0 Å². The Balaban J connectivity index is 2.29. The molecule has 0 aliphatic carbocycles. The Morgan fingerprint density at radius 2 is 1.86 bits per heavy atom. The maximum absolute atomic E-state index is 6.27. The Bertz CT molecular complexity index is 806. The van der Waals surface area contributed by atoms with Crippen LogP contribution in [0.4, 0.5) is 5.82 Å². The summed E-state index contributed by atoms with van der Waals surface area (Å²) in [7, 11) is 1.87. The number of nitrogens with zero attached hydrogens (tertiary/aromatic N) is 2. The van der Waals surface area contributed by atoms with Crippen LogP contribution in [0.15, 0.2) is 53.0 Å². The molecule has 0 bridgehead atoms. The fraction of sp³-hybridized carbons (Fsp3) is 0.118. The van der Waals surface area contributed by atoms with Crippen molar-refractivity contribution in [1.82, 2.24) is 9.78 Å². The minimum absolute atomic E-state index is 0.680. The average Bonchev–Trinajstić information content (AvgIpc) is 2.76. The molecule has 0 aliphatic rings. The number of nitrogens with two attached hydrogens (primary N) is 1. The maximum atomic E-state index is 6.27. The molecule has 1 heterocycles. The molecule has 0 spiro atoms. The van der Waals surface area contributed by atoms with E-state index in [1.807, 2.05) is 37.4 Å². The van der Waals surface area contributed by atoms with Crippen LogP contribution in [0.25, 0.3) is 22.4 Å². The molecular formula is C17H16BrN3. The third kappa shape index (κ3) is 2.47. The van der Waals surface area contributed by atoms with Gasteiger partial charge in [-0.25, -0.2) is 0 Å². The quantitative estimate of drug-likeness (QED) is 0.750. The van der Waals surface area contributed by atoms with Crippen molar-refractivity contribution in [2.75, 3.05) is 5.73 Å². The Labute approximate surface area is 132 Å². The molecular weight excluding hydrogens is 326 g/mol. The summed E-state index contributed by atoms with van der Waals surface area (Å²) in [5, 5.41) is 4.61. The second-order valence-electron chi connectivity index (χ2n) is 5.06. The van der Waals surface area contributed by atoms with Crippen LogP contribution in [0.2, 0.25) is 0 Å². The molecule has 0 unspecified atom stereocenters. The molecule has 2 aromatic carbocycles. The first-order valence-electron chi connectivity index (χ1n) is 6.72. The van der Waals surface area contributed by atoms with Gasteiger partial charge < -0.3 is 5.73 Å². The predicted octanol–water partition coefficient (Wildman–Crippen LogP) is 4.41. The molecule has 0 atom stereocenters. The topological polar surface area (TPSA) is 43.8 Å². The minimum atomic E-state index is 0.680. The van der Waals surface area contributed by atoms with E-state index in [1.54, 1.807) is 4.68 Å². The molecule has 21 heavy (non-hydrogen) atoms. The van der Waals surface area contributed by atoms with Gasteiger partial charge in [-0.05, 0) is 30.2 Å². The van der Waals surface area contributed by atoms with E-state index in [2.05, 4.69) is 46.2 Å². The smallest absolute Gasteiger partial charge is 0.129 e. The lowest BCUT2D eigenvalue weighted by Crippen LogP contribution is -1.98. The SMILES string of the molecule is Cc1ccccc1-c1c(-c2cccc(Br)c2)nn(C)c1N. The number of anilines is 1. The van der Waals surface area contributed by atoms with Gasteiger partial charge in [-0.1, -0.05) is 52.3 Å². The predicted molar refractivity (Wildman–Crippen MR) is 90.9 cm³/mol. The van der Waals surface area contributed by atoms with E-state index in [4.69, 9.17) is 5.73 Å². The monoisotopic (exact) mass is 341 g/mol. The summed E-state index contributed by atoms with van der Waals surface area (Å²) in [6.07, 6.45) is 0. The summed E-state index contributed by atoms with van der Waals surface area (Å²) in [6.45, 7) is 2.09. The van der Waals surface area contributed by atoms with Crippen LogP contribution in [0, 0.1) is 6.92 Å². The summed E-state index contributed by atoms with van der Waals surface area (Å²) in [5.74, 6) is 0.680. The lowest BCUT2D eigenvalue weighted by molar-refractivity contribution is 0.782. The van der Waals surface area contributed by atoms with E-state index in [0.717, 1.165) is 26.9 Å². The van der Waals surface area contributed by atoms with E-state index in [-0.39, 0.29) is 0 Å². The van der Waals surface area contributed by atoms with Crippen LogP contribution in [0.1, 0.15) is 5.56 Å². The third-order valence-electron chi connectivity index (χ3n) is 3.60. The maximum Gasteiger partial charge on any atom is 0.129 e. The largest absolute Gasteiger partial charge is 0.383 e. The van der Waals surface area contributed by atoms with Crippen molar-refractivity contribution >= 4 is 21.7 Å². The molecule has 3 aromatic rings. The Morgan fingerprint density at radius 1 is 1.10 bits per heavy atom. The molecule has 0 radical (unpaired) electrons. The Morgan fingerprint density at radius 3 is 2.57 bits per heavy atom. The van der Waals surface area contributed by atoms with Crippen LogP contribution in [-0.4, -0.2) is 9.78 Å². The molecule has 0 saturated carbocycles. The second-order valence-corrected chi connectivity index (χ2v) is 5.97. The van der Waals surface area contributed by atoms with E-state index in [0.29, 0.717) is 5.82 Å². The van der Waals surface area contributed by atoms with E-state index in [9.17, 15) is 0 Å². The fourth-order valence-corrected chi connectivity index (χ4v) is 2.89. The summed E-state index contributed by atoms with van der Waals surface area (Å²) in [5.41, 5.74) is 11.5. The molecule has 1 aromatic heterocycles. The van der Waals surface area contributed by atoms with E-state index in [1.165, 1.54) is 5.56 Å². The van der Waals surface area contributed by atoms with Gasteiger partial charge in [0.25, 0.3) is 0 Å². The van der Waals surface area contributed by atoms with Crippen molar-refractivity contribution in [1.29, 1.82) is 0 Å². The van der Waals surface area contributed by atoms with Crippen molar-refractivity contribution in [2.45, 2.75) is 6.92 Å². The van der Waals surface area contributed by atoms with Crippen LogP contribution in [-0.2, 0) is 7.05 Å². The average molecular weight is 342 g/mol. The molecule has 3 nitrogen and oxygen atoms in total. The number of hydrogen-bond acceptors (Lipinski definition) is 2. The molecule has 3 rings (SSSR count). The summed E-state index contributed by atoms with van der Waals surface area (Å²) in [6, 6.07) is 16.4. The summed E-state index contributed by atoms with van der Waals surface area (Å²) >= 11 is 3.51. The Hall–Kier alpha value is -2.07. The minimum Gasteiger partial charge on any atom is -0.383 e. The van der Waals surface area contributed by atoms with Gasteiger partial charge in [-0.3, -0.25) is 4.68 Å².